The van der Waals surface area contributed by atoms with Gasteiger partial charge in [-0.3, -0.25) is 9.59 Å². The number of rotatable bonds is 3. The summed E-state index contributed by atoms with van der Waals surface area (Å²) in [6.45, 7) is 0.655. The summed E-state index contributed by atoms with van der Waals surface area (Å²) in [5.41, 5.74) is 0.618. The molecule has 0 aromatic carbocycles. The molecule has 0 saturated carbocycles. The molecule has 5 heteroatoms. The Balaban J connectivity index is 2.16. The Morgan fingerprint density at radius 1 is 1.44 bits per heavy atom. The van der Waals surface area contributed by atoms with Crippen LogP contribution in [-0.2, 0) is 11.8 Å². The summed E-state index contributed by atoms with van der Waals surface area (Å²) in [5, 5.41) is 8.91. The lowest BCUT2D eigenvalue weighted by Crippen LogP contribution is -2.45. The van der Waals surface area contributed by atoms with Crippen LogP contribution in [0.5, 0.6) is 0 Å². The summed E-state index contributed by atoms with van der Waals surface area (Å²) in [4.78, 5) is 24.9. The van der Waals surface area contributed by atoms with Crippen LogP contribution in [0, 0.1) is 0 Å². The lowest BCUT2D eigenvalue weighted by atomic mass is 9.99. The molecule has 0 aliphatic carbocycles. The highest BCUT2D eigenvalue weighted by Gasteiger charge is 2.29. The monoisotopic (exact) mass is 250 g/mol. The fourth-order valence-electron chi connectivity index (χ4n) is 2.51. The lowest BCUT2D eigenvalue weighted by molar-refractivity contribution is -0.138. The van der Waals surface area contributed by atoms with Crippen molar-refractivity contribution in [3.63, 3.8) is 0 Å². The maximum Gasteiger partial charge on any atom is 0.305 e. The van der Waals surface area contributed by atoms with Gasteiger partial charge in [-0.15, -0.1) is 0 Å². The van der Waals surface area contributed by atoms with E-state index in [-0.39, 0.29) is 18.4 Å². The second kappa shape index (κ2) is 5.25. The number of hydrogen-bond donors (Lipinski definition) is 1. The highest BCUT2D eigenvalue weighted by atomic mass is 16.4. The third-order valence-corrected chi connectivity index (χ3v) is 3.46. The van der Waals surface area contributed by atoms with Crippen LogP contribution in [0.4, 0.5) is 0 Å². The van der Waals surface area contributed by atoms with E-state index in [2.05, 4.69) is 0 Å². The summed E-state index contributed by atoms with van der Waals surface area (Å²) in [6, 6.07) is 3.43. The molecule has 2 heterocycles. The number of carbonyl (C=O) groups excluding carboxylic acids is 1. The number of carboxylic acids is 1. The number of nitrogens with zero attached hydrogens (tertiary/aromatic N) is 2. The second-order valence-electron chi connectivity index (χ2n) is 4.75. The average Bonchev–Trinajstić information content (AvgIpc) is 2.74. The Kier molecular flexibility index (Phi) is 3.69. The van der Waals surface area contributed by atoms with Gasteiger partial charge in [-0.1, -0.05) is 0 Å². The third kappa shape index (κ3) is 2.55. The first-order valence-corrected chi connectivity index (χ1v) is 6.23. The van der Waals surface area contributed by atoms with E-state index in [1.54, 1.807) is 15.5 Å². The largest absolute Gasteiger partial charge is 0.481 e. The van der Waals surface area contributed by atoms with Crippen molar-refractivity contribution in [2.75, 3.05) is 6.54 Å². The molecule has 0 bridgehead atoms. The SMILES string of the molecule is Cn1cccc1C(=O)N1CCCCC1CC(=O)O. The van der Waals surface area contributed by atoms with Gasteiger partial charge in [0, 0.05) is 25.8 Å². The summed E-state index contributed by atoms with van der Waals surface area (Å²) < 4.78 is 1.77. The smallest absolute Gasteiger partial charge is 0.305 e. The quantitative estimate of drug-likeness (QED) is 0.884. The zero-order valence-corrected chi connectivity index (χ0v) is 10.5. The molecule has 1 fully saturated rings. The summed E-state index contributed by atoms with van der Waals surface area (Å²) in [6.07, 6.45) is 4.59. The Bertz CT molecular complexity index is 453. The average molecular weight is 250 g/mol. The maximum atomic E-state index is 12.4. The minimum absolute atomic E-state index is 0.0379. The highest BCUT2D eigenvalue weighted by Crippen LogP contribution is 2.22. The molecule has 1 saturated heterocycles. The Hall–Kier alpha value is -1.78. The van der Waals surface area contributed by atoms with Crippen LogP contribution in [0.1, 0.15) is 36.2 Å². The van der Waals surface area contributed by atoms with Gasteiger partial charge in [0.05, 0.1) is 6.42 Å². The number of hydrogen-bond acceptors (Lipinski definition) is 2. The van der Waals surface area contributed by atoms with Crippen molar-refractivity contribution in [1.29, 1.82) is 0 Å². The van der Waals surface area contributed by atoms with E-state index in [9.17, 15) is 9.59 Å². The predicted octanol–water partition coefficient (Wildman–Crippen LogP) is 1.49. The minimum atomic E-state index is -0.841. The molecule has 1 aromatic heterocycles. The van der Waals surface area contributed by atoms with Gasteiger partial charge in [0.15, 0.2) is 0 Å². The predicted molar refractivity (Wildman–Crippen MR) is 66.3 cm³/mol. The van der Waals surface area contributed by atoms with Crippen molar-refractivity contribution in [2.24, 2.45) is 7.05 Å². The van der Waals surface area contributed by atoms with E-state index >= 15 is 0 Å². The van der Waals surface area contributed by atoms with Crippen LogP contribution in [0.2, 0.25) is 0 Å². The molecule has 18 heavy (non-hydrogen) atoms. The fourth-order valence-corrected chi connectivity index (χ4v) is 2.51. The van der Waals surface area contributed by atoms with E-state index in [0.29, 0.717) is 12.2 Å². The number of carbonyl (C=O) groups is 2. The van der Waals surface area contributed by atoms with Crippen LogP contribution in [0.15, 0.2) is 18.3 Å². The van der Waals surface area contributed by atoms with E-state index in [1.165, 1.54) is 0 Å². The van der Waals surface area contributed by atoms with Crippen molar-refractivity contribution in [3.05, 3.63) is 24.0 Å². The van der Waals surface area contributed by atoms with Crippen LogP contribution in [-0.4, -0.2) is 39.0 Å². The summed E-state index contributed by atoms with van der Waals surface area (Å²) in [7, 11) is 1.82. The second-order valence-corrected chi connectivity index (χ2v) is 4.75. The van der Waals surface area contributed by atoms with E-state index < -0.39 is 5.97 Å². The maximum absolute atomic E-state index is 12.4. The first-order chi connectivity index (χ1) is 8.59. The molecule has 0 spiro atoms. The topological polar surface area (TPSA) is 62.5 Å². The van der Waals surface area contributed by atoms with Gasteiger partial charge < -0.3 is 14.6 Å². The van der Waals surface area contributed by atoms with E-state index in [1.807, 2.05) is 19.3 Å². The molecular formula is C13H18N2O3. The van der Waals surface area contributed by atoms with Gasteiger partial charge in [-0.25, -0.2) is 0 Å². The van der Waals surface area contributed by atoms with Crippen molar-refractivity contribution < 1.29 is 14.7 Å². The van der Waals surface area contributed by atoms with Gasteiger partial charge in [-0.05, 0) is 31.4 Å². The number of likely N-dealkylation sites (tertiary alicyclic amines) is 1. The highest BCUT2D eigenvalue weighted by molar-refractivity contribution is 5.93. The molecule has 1 amide bonds. The number of aliphatic carboxylic acids is 1. The van der Waals surface area contributed by atoms with E-state index in [0.717, 1.165) is 19.3 Å². The number of carboxylic acid groups (broad SMARTS) is 1. The molecule has 1 unspecified atom stereocenters. The third-order valence-electron chi connectivity index (χ3n) is 3.46. The van der Waals surface area contributed by atoms with Crippen molar-refractivity contribution >= 4 is 11.9 Å². The van der Waals surface area contributed by atoms with Crippen molar-refractivity contribution in [2.45, 2.75) is 31.7 Å². The summed E-state index contributed by atoms with van der Waals surface area (Å²) in [5.74, 6) is -0.903. The fraction of sp³-hybridized carbons (Fsp3) is 0.538. The molecule has 1 aliphatic rings. The Morgan fingerprint density at radius 3 is 2.83 bits per heavy atom. The number of aromatic nitrogens is 1. The first kappa shape index (κ1) is 12.7. The Labute approximate surface area is 106 Å². The molecule has 1 aromatic rings. The molecule has 5 nitrogen and oxygen atoms in total. The lowest BCUT2D eigenvalue weighted by Gasteiger charge is -2.35. The Morgan fingerprint density at radius 2 is 2.22 bits per heavy atom. The molecule has 98 valence electrons. The van der Waals surface area contributed by atoms with Gasteiger partial charge in [-0.2, -0.15) is 0 Å². The normalized spacial score (nSPS) is 19.8. The number of piperidine rings is 1. The number of amides is 1. The molecule has 0 radical (unpaired) electrons. The molecular weight excluding hydrogens is 232 g/mol. The zero-order chi connectivity index (χ0) is 13.1. The molecule has 1 N–H and O–H groups in total. The first-order valence-electron chi connectivity index (χ1n) is 6.23. The van der Waals surface area contributed by atoms with Crippen molar-refractivity contribution in [3.8, 4) is 0 Å². The van der Waals surface area contributed by atoms with Crippen LogP contribution >= 0.6 is 0 Å². The van der Waals surface area contributed by atoms with Gasteiger partial charge in [0.25, 0.3) is 5.91 Å². The molecule has 1 atom stereocenters. The van der Waals surface area contributed by atoms with Crippen LogP contribution in [0.3, 0.4) is 0 Å². The minimum Gasteiger partial charge on any atom is -0.481 e. The summed E-state index contributed by atoms with van der Waals surface area (Å²) >= 11 is 0. The standard InChI is InChI=1S/C13H18N2O3/c1-14-7-4-6-11(14)13(18)15-8-3-2-5-10(15)9-12(16)17/h4,6-7,10H,2-3,5,8-9H2,1H3,(H,16,17). The zero-order valence-electron chi connectivity index (χ0n) is 10.5. The number of aryl methyl sites for hydroxylation is 1. The van der Waals surface area contributed by atoms with Gasteiger partial charge >= 0.3 is 5.97 Å². The van der Waals surface area contributed by atoms with Gasteiger partial charge in [0.1, 0.15) is 5.69 Å². The van der Waals surface area contributed by atoms with Gasteiger partial charge in [0.2, 0.25) is 0 Å². The molecule has 2 rings (SSSR count). The molecule has 1 aliphatic heterocycles. The van der Waals surface area contributed by atoms with Crippen LogP contribution in [0.25, 0.3) is 0 Å². The van der Waals surface area contributed by atoms with Crippen LogP contribution < -0.4 is 0 Å². The van der Waals surface area contributed by atoms with E-state index in [4.69, 9.17) is 5.11 Å². The van der Waals surface area contributed by atoms with Crippen molar-refractivity contribution in [1.82, 2.24) is 9.47 Å².